The van der Waals surface area contributed by atoms with E-state index < -0.39 is 11.9 Å². The monoisotopic (exact) mass is 319 g/mol. The highest BCUT2D eigenvalue weighted by Gasteiger charge is 2.13. The van der Waals surface area contributed by atoms with Gasteiger partial charge < -0.3 is 15.2 Å². The highest BCUT2D eigenvalue weighted by Crippen LogP contribution is 2.21. The van der Waals surface area contributed by atoms with Crippen LogP contribution in [0.25, 0.3) is 0 Å². The van der Waals surface area contributed by atoms with Crippen LogP contribution >= 0.6 is 11.3 Å². The zero-order valence-corrected chi connectivity index (χ0v) is 13.1. The second kappa shape index (κ2) is 7.09. The normalized spacial score (nSPS) is 10.5. The Balaban J connectivity index is 1.90. The lowest BCUT2D eigenvalue weighted by Crippen LogP contribution is -2.21. The highest BCUT2D eigenvalue weighted by atomic mass is 32.1. The van der Waals surface area contributed by atoms with Crippen LogP contribution in [0.1, 0.15) is 35.7 Å². The summed E-state index contributed by atoms with van der Waals surface area (Å²) in [4.78, 5) is 22.8. The van der Waals surface area contributed by atoms with Gasteiger partial charge in [0.25, 0.3) is 5.91 Å². The number of aromatic carboxylic acids is 1. The summed E-state index contributed by atoms with van der Waals surface area (Å²) < 4.78 is 5.40. The number of carboxylic acids is 1. The van der Waals surface area contributed by atoms with Gasteiger partial charge in [-0.1, -0.05) is 26.0 Å². The molecule has 1 aromatic carbocycles. The van der Waals surface area contributed by atoms with Crippen molar-refractivity contribution >= 4 is 28.9 Å². The van der Waals surface area contributed by atoms with Gasteiger partial charge in [0.05, 0.1) is 11.3 Å². The van der Waals surface area contributed by atoms with Gasteiger partial charge in [-0.2, -0.15) is 0 Å². The maximum atomic E-state index is 11.8. The van der Waals surface area contributed by atoms with Gasteiger partial charge in [-0.3, -0.25) is 4.79 Å². The van der Waals surface area contributed by atoms with Crippen LogP contribution in [-0.2, 0) is 4.79 Å². The van der Waals surface area contributed by atoms with Gasteiger partial charge in [0.1, 0.15) is 5.75 Å². The fourth-order valence-corrected chi connectivity index (χ4v) is 2.60. The van der Waals surface area contributed by atoms with Crippen molar-refractivity contribution in [2.24, 2.45) is 0 Å². The first kappa shape index (κ1) is 16.0. The van der Waals surface area contributed by atoms with Gasteiger partial charge in [-0.15, -0.1) is 11.3 Å². The Labute approximate surface area is 132 Å². The standard InChI is InChI=1S/C16H17NO4S/c1-10(2)11-3-5-12(6-4-11)21-7-15(18)17-14-9-22-8-13(14)16(19)20/h3-6,8-10H,7H2,1-2H3,(H,17,18)(H,19,20). The van der Waals surface area contributed by atoms with Crippen LogP contribution in [0.3, 0.4) is 0 Å². The zero-order valence-electron chi connectivity index (χ0n) is 12.3. The van der Waals surface area contributed by atoms with Crippen molar-refractivity contribution in [3.8, 4) is 5.75 Å². The second-order valence-electron chi connectivity index (χ2n) is 5.06. The summed E-state index contributed by atoms with van der Waals surface area (Å²) in [5, 5.41) is 14.6. The molecule has 0 unspecified atom stereocenters. The SMILES string of the molecule is CC(C)c1ccc(OCC(=O)Nc2cscc2C(=O)O)cc1. The minimum atomic E-state index is -1.07. The molecule has 116 valence electrons. The van der Waals surface area contributed by atoms with Crippen molar-refractivity contribution in [2.75, 3.05) is 11.9 Å². The average molecular weight is 319 g/mol. The molecule has 0 radical (unpaired) electrons. The van der Waals surface area contributed by atoms with Crippen LogP contribution < -0.4 is 10.1 Å². The number of carbonyl (C=O) groups is 2. The van der Waals surface area contributed by atoms with E-state index in [1.54, 1.807) is 5.38 Å². The molecule has 1 amide bonds. The smallest absolute Gasteiger partial charge is 0.338 e. The number of carboxylic acid groups (broad SMARTS) is 1. The number of amides is 1. The number of benzene rings is 1. The van der Waals surface area contributed by atoms with E-state index in [2.05, 4.69) is 19.2 Å². The first-order chi connectivity index (χ1) is 10.5. The Morgan fingerprint density at radius 2 is 1.91 bits per heavy atom. The van der Waals surface area contributed by atoms with E-state index in [1.165, 1.54) is 22.3 Å². The van der Waals surface area contributed by atoms with Crippen molar-refractivity contribution < 1.29 is 19.4 Å². The summed E-state index contributed by atoms with van der Waals surface area (Å²) in [6.45, 7) is 4.03. The molecule has 5 nitrogen and oxygen atoms in total. The molecular weight excluding hydrogens is 302 g/mol. The van der Waals surface area contributed by atoms with Gasteiger partial charge in [0, 0.05) is 10.8 Å². The molecule has 6 heteroatoms. The van der Waals surface area contributed by atoms with Crippen LogP contribution in [-0.4, -0.2) is 23.6 Å². The molecule has 0 bridgehead atoms. The van der Waals surface area contributed by atoms with Crippen molar-refractivity contribution in [2.45, 2.75) is 19.8 Å². The lowest BCUT2D eigenvalue weighted by atomic mass is 10.0. The van der Waals surface area contributed by atoms with E-state index in [0.29, 0.717) is 17.4 Å². The van der Waals surface area contributed by atoms with Crippen LogP contribution in [0.5, 0.6) is 5.75 Å². The summed E-state index contributed by atoms with van der Waals surface area (Å²) in [5.41, 5.74) is 1.57. The van der Waals surface area contributed by atoms with Crippen molar-refractivity contribution in [1.82, 2.24) is 0 Å². The number of ether oxygens (including phenoxy) is 1. The fourth-order valence-electron chi connectivity index (χ4n) is 1.84. The molecule has 2 rings (SSSR count). The molecule has 0 aliphatic rings. The third-order valence-electron chi connectivity index (χ3n) is 3.08. The minimum Gasteiger partial charge on any atom is -0.484 e. The molecule has 1 aromatic heterocycles. The predicted octanol–water partition coefficient (Wildman–Crippen LogP) is 3.59. The predicted molar refractivity (Wildman–Crippen MR) is 85.9 cm³/mol. The van der Waals surface area contributed by atoms with E-state index in [1.807, 2.05) is 24.3 Å². The molecule has 0 fully saturated rings. The molecule has 0 saturated carbocycles. The molecule has 0 aliphatic carbocycles. The number of rotatable bonds is 6. The minimum absolute atomic E-state index is 0.0830. The third-order valence-corrected chi connectivity index (χ3v) is 3.83. The number of nitrogens with one attached hydrogen (secondary N) is 1. The van der Waals surface area contributed by atoms with Crippen LogP contribution in [0.4, 0.5) is 5.69 Å². The first-order valence-corrected chi connectivity index (χ1v) is 7.73. The molecule has 0 atom stereocenters. The van der Waals surface area contributed by atoms with E-state index >= 15 is 0 Å². The average Bonchev–Trinajstić information content (AvgIpc) is 2.94. The first-order valence-electron chi connectivity index (χ1n) is 6.79. The third kappa shape index (κ3) is 4.08. The quantitative estimate of drug-likeness (QED) is 0.853. The maximum Gasteiger partial charge on any atom is 0.338 e. The van der Waals surface area contributed by atoms with E-state index in [0.717, 1.165) is 0 Å². The topological polar surface area (TPSA) is 75.6 Å². The van der Waals surface area contributed by atoms with Crippen molar-refractivity contribution in [3.05, 3.63) is 46.2 Å². The highest BCUT2D eigenvalue weighted by molar-refractivity contribution is 7.08. The number of anilines is 1. The fraction of sp³-hybridized carbons (Fsp3) is 0.250. The molecular formula is C16H17NO4S. The van der Waals surface area contributed by atoms with Crippen molar-refractivity contribution in [3.63, 3.8) is 0 Å². The number of hydrogen-bond acceptors (Lipinski definition) is 4. The Kier molecular flexibility index (Phi) is 5.16. The van der Waals surface area contributed by atoms with E-state index in [9.17, 15) is 9.59 Å². The van der Waals surface area contributed by atoms with Gasteiger partial charge in [0.2, 0.25) is 0 Å². The number of carbonyl (C=O) groups excluding carboxylic acids is 1. The summed E-state index contributed by atoms with van der Waals surface area (Å²) >= 11 is 1.22. The summed E-state index contributed by atoms with van der Waals surface area (Å²) in [6, 6.07) is 7.55. The molecule has 0 spiro atoms. The summed E-state index contributed by atoms with van der Waals surface area (Å²) in [6.07, 6.45) is 0. The lowest BCUT2D eigenvalue weighted by Gasteiger charge is -2.09. The van der Waals surface area contributed by atoms with Crippen LogP contribution in [0, 0.1) is 0 Å². The maximum absolute atomic E-state index is 11.8. The Hall–Kier alpha value is -2.34. The largest absolute Gasteiger partial charge is 0.484 e. The molecule has 0 saturated heterocycles. The molecule has 1 heterocycles. The van der Waals surface area contributed by atoms with Crippen LogP contribution in [0.2, 0.25) is 0 Å². The molecule has 0 aliphatic heterocycles. The van der Waals surface area contributed by atoms with E-state index in [-0.39, 0.29) is 12.2 Å². The van der Waals surface area contributed by atoms with Crippen LogP contribution in [0.15, 0.2) is 35.0 Å². The molecule has 2 aromatic rings. The molecule has 2 N–H and O–H groups in total. The number of thiophene rings is 1. The zero-order chi connectivity index (χ0) is 16.1. The Morgan fingerprint density at radius 3 is 2.50 bits per heavy atom. The Morgan fingerprint density at radius 1 is 1.23 bits per heavy atom. The number of hydrogen-bond donors (Lipinski definition) is 2. The summed E-state index contributed by atoms with van der Waals surface area (Å²) in [7, 11) is 0. The Bertz CT molecular complexity index is 661. The summed E-state index contributed by atoms with van der Waals surface area (Å²) in [5.74, 6) is -0.427. The van der Waals surface area contributed by atoms with Crippen molar-refractivity contribution in [1.29, 1.82) is 0 Å². The molecule has 22 heavy (non-hydrogen) atoms. The van der Waals surface area contributed by atoms with Gasteiger partial charge in [-0.25, -0.2) is 4.79 Å². The van der Waals surface area contributed by atoms with E-state index in [4.69, 9.17) is 9.84 Å². The lowest BCUT2D eigenvalue weighted by molar-refractivity contribution is -0.118. The van der Waals surface area contributed by atoms with Gasteiger partial charge in [0.15, 0.2) is 6.61 Å². The second-order valence-corrected chi connectivity index (χ2v) is 5.81. The van der Waals surface area contributed by atoms with Gasteiger partial charge in [-0.05, 0) is 23.6 Å². The van der Waals surface area contributed by atoms with Gasteiger partial charge >= 0.3 is 5.97 Å².